The number of carbonyl (C=O) groups excluding carboxylic acids is 8. The Morgan fingerprint density at radius 2 is 0.798 bits per heavy atom. The van der Waals surface area contributed by atoms with E-state index in [1.54, 1.807) is 84.4 Å². The van der Waals surface area contributed by atoms with E-state index < -0.39 is 35.6 Å². The van der Waals surface area contributed by atoms with Crippen LogP contribution in [0.15, 0.2) is 91.1 Å². The summed E-state index contributed by atoms with van der Waals surface area (Å²) < 4.78 is 44.5. The predicted molar refractivity (Wildman–Crippen MR) is 484 cm³/mol. The van der Waals surface area contributed by atoms with Crippen molar-refractivity contribution in [1.82, 2.24) is 60.9 Å². The quantitative estimate of drug-likeness (QED) is 0.0156. The number of hydrogen-bond acceptors (Lipinski definition) is 20. The molecule has 3 aliphatic heterocycles. The first kappa shape index (κ1) is 109. The molecule has 3 fully saturated rings. The van der Waals surface area contributed by atoms with E-state index in [9.17, 15) is 38.4 Å². The molecule has 3 aromatic rings. The van der Waals surface area contributed by atoms with E-state index in [2.05, 4.69) is 144 Å². The Bertz CT molecular complexity index is 3580. The minimum atomic E-state index is -0.608. The first-order valence-corrected chi connectivity index (χ1v) is 43.4. The first-order valence-electron chi connectivity index (χ1n) is 41.3. The summed E-state index contributed by atoms with van der Waals surface area (Å²) in [5.41, 5.74) is 1.35. The number of likely N-dealkylation sites (N-methyl/N-ethyl adjacent to an activating group) is 5. The van der Waals surface area contributed by atoms with Crippen molar-refractivity contribution >= 4 is 70.8 Å². The lowest BCUT2D eigenvalue weighted by Gasteiger charge is -2.40. The molecule has 5 N–H and O–H groups in total. The Hall–Kier alpha value is -8.39. The minimum Gasteiger partial charge on any atom is -0.493 e. The van der Waals surface area contributed by atoms with Crippen LogP contribution in [0.2, 0.25) is 0 Å². The van der Waals surface area contributed by atoms with Gasteiger partial charge in [-0.15, -0.1) is 0 Å². The molecule has 8 amide bonds. The van der Waals surface area contributed by atoms with E-state index in [0.29, 0.717) is 151 Å². The van der Waals surface area contributed by atoms with Gasteiger partial charge in [-0.25, -0.2) is 24.0 Å². The van der Waals surface area contributed by atoms with Gasteiger partial charge in [-0.3, -0.25) is 14.4 Å². The van der Waals surface area contributed by atoms with Crippen LogP contribution in [0.3, 0.4) is 0 Å². The molecule has 0 saturated carbocycles. The van der Waals surface area contributed by atoms with Gasteiger partial charge in [0.05, 0.1) is 39.5 Å². The smallest absolute Gasteiger partial charge is 0.415 e. The standard InChI is InChI=1S/C31H50N4O6.C30H48N4O6.C26H42N4O4.CH3I.2CH4/c1-23(2)13-11-9-10-12-14-28(36)32-20-24-15-16-26(27(19-24)39-8)40-30(38)35-18-17-33(6)21-25(35)22-34(7)29(37)41-31(3,4)5;1-22(2)12-10-8-9-11-13-27(35)32-19-23-14-15-25(26(18-23)38-7)39-29(37)34-17-16-31-20-24(34)21-33(6)28(36)40-30(3,4)5;1-20(2)10-8-6-7-9-11-25(31)28-17-21-12-13-23(24(16-21)33-5)34-26(32)30-15-14-29(4)19-22(30)18-27-3;1-2;;/h11,13,15-16,19,23,25H,9-10,12,14,17-18,20-22H2,1-8H3,(H,32,36);10,12,14-15,18,22,24,31H,8-9,11,13,16-17,19-21H2,1-7H3,(H,32,35);8,10,12-13,16,20,22,27H,6-7,9,11,14-15,17-19H2,1-5H3,(H,28,31);1H3;2*1H4/b13-11+;12-10+;10-8+;;;. The van der Waals surface area contributed by atoms with Gasteiger partial charge in [-0.05, 0) is 196 Å². The van der Waals surface area contributed by atoms with Gasteiger partial charge in [0.25, 0.3) is 0 Å². The number of rotatable bonds is 36. The number of halogens is 1. The Morgan fingerprint density at radius 3 is 1.12 bits per heavy atom. The number of piperazine rings is 3. The molecule has 0 aliphatic carbocycles. The maximum atomic E-state index is 13.3. The highest BCUT2D eigenvalue weighted by Gasteiger charge is 2.36. The van der Waals surface area contributed by atoms with Crippen molar-refractivity contribution in [1.29, 1.82) is 0 Å². The zero-order chi connectivity index (χ0) is 87.2. The van der Waals surface area contributed by atoms with Crippen LogP contribution >= 0.6 is 22.6 Å². The maximum Gasteiger partial charge on any atom is 0.415 e. The molecule has 0 bridgehead atoms. The van der Waals surface area contributed by atoms with E-state index in [0.717, 1.165) is 87.6 Å². The Labute approximate surface area is 727 Å². The highest BCUT2D eigenvalue weighted by Crippen LogP contribution is 2.33. The van der Waals surface area contributed by atoms with Crippen LogP contribution in [0, 0.1) is 17.8 Å². The van der Waals surface area contributed by atoms with Gasteiger partial charge < -0.3 is 98.8 Å². The average molecular weight is 1780 g/mol. The maximum absolute atomic E-state index is 13.3. The van der Waals surface area contributed by atoms with Crippen molar-refractivity contribution in [2.24, 2.45) is 17.8 Å². The lowest BCUT2D eigenvalue weighted by Crippen LogP contribution is -2.58. The van der Waals surface area contributed by atoms with Crippen LogP contribution in [0.4, 0.5) is 24.0 Å². The fourth-order valence-electron chi connectivity index (χ4n) is 12.5. The second-order valence-electron chi connectivity index (χ2n) is 32.7. The van der Waals surface area contributed by atoms with Gasteiger partial charge in [-0.2, -0.15) is 0 Å². The first-order chi connectivity index (χ1) is 55.5. The third-order valence-electron chi connectivity index (χ3n) is 18.6. The molecule has 0 radical (unpaired) electrons. The molecular formula is C90H151IN12O16. The molecule has 3 unspecified atom stereocenters. The van der Waals surface area contributed by atoms with Crippen LogP contribution in [0.5, 0.6) is 34.5 Å². The zero-order valence-electron chi connectivity index (χ0n) is 74.3. The highest BCUT2D eigenvalue weighted by molar-refractivity contribution is 14.1. The van der Waals surface area contributed by atoms with Gasteiger partial charge in [-0.1, -0.05) is 134 Å². The molecule has 3 saturated heterocycles. The van der Waals surface area contributed by atoms with Gasteiger partial charge in [0, 0.05) is 132 Å². The molecule has 3 heterocycles. The van der Waals surface area contributed by atoms with Gasteiger partial charge in [0.15, 0.2) is 34.5 Å². The van der Waals surface area contributed by atoms with E-state index in [-0.39, 0.29) is 62.5 Å². The largest absolute Gasteiger partial charge is 0.493 e. The molecule has 674 valence electrons. The summed E-state index contributed by atoms with van der Waals surface area (Å²) in [5.74, 6) is 3.93. The van der Waals surface area contributed by atoms with Crippen molar-refractivity contribution < 1.29 is 76.3 Å². The topological polar surface area (TPSA) is 293 Å². The number of amides is 8. The normalized spacial score (nSPS) is 15.7. The molecular weight excluding hydrogens is 1630 g/mol. The van der Waals surface area contributed by atoms with Crippen molar-refractivity contribution in [3.8, 4) is 34.5 Å². The Balaban J connectivity index is 0.000000879. The molecule has 3 atom stereocenters. The molecule has 28 nitrogen and oxygen atoms in total. The summed E-state index contributed by atoms with van der Waals surface area (Å²) in [6.07, 6.45) is 20.8. The number of nitrogens with one attached hydrogen (secondary N) is 5. The van der Waals surface area contributed by atoms with Crippen molar-refractivity contribution in [2.45, 2.75) is 224 Å². The molecule has 0 aromatic heterocycles. The number of carbonyl (C=O) groups is 8. The van der Waals surface area contributed by atoms with Crippen molar-refractivity contribution in [2.75, 3.05) is 140 Å². The number of unbranched alkanes of at least 4 members (excludes halogenated alkanes) is 6. The van der Waals surface area contributed by atoms with Gasteiger partial charge in [0.2, 0.25) is 17.7 Å². The SMILES string of the molecule is C.C.CI.CNCC1CN(C)CCN1C(=O)Oc1ccc(CNC(=O)CCCC/C=C/C(C)C)cc1OC.COc1cc(CNC(=O)CCCC/C=C/C(C)C)ccc1OC(=O)N1CCN(C)CC1CN(C)C(=O)OC(C)(C)C.COc1cc(CNC(=O)CCCC/C=C/C(C)C)ccc1OC(=O)N1CCNCC1CN(C)C(=O)OC(C)(C)C. The van der Waals surface area contributed by atoms with Crippen molar-refractivity contribution in [3.05, 3.63) is 108 Å². The molecule has 3 aromatic carbocycles. The third-order valence-corrected chi connectivity index (χ3v) is 18.6. The van der Waals surface area contributed by atoms with Crippen LogP contribution in [-0.2, 0) is 43.5 Å². The second kappa shape index (κ2) is 58.5. The summed E-state index contributed by atoms with van der Waals surface area (Å²) in [7, 11) is 13.8. The van der Waals surface area contributed by atoms with Crippen LogP contribution in [0.1, 0.15) is 192 Å². The molecule has 0 spiro atoms. The second-order valence-corrected chi connectivity index (χ2v) is 32.7. The number of allylic oxidation sites excluding steroid dienone is 6. The number of benzene rings is 3. The Kier molecular flexibility index (Phi) is 53.4. The van der Waals surface area contributed by atoms with E-state index in [4.69, 9.17) is 37.9 Å². The van der Waals surface area contributed by atoms with Gasteiger partial charge >= 0.3 is 30.5 Å². The highest BCUT2D eigenvalue weighted by atomic mass is 127. The van der Waals surface area contributed by atoms with E-state index in [1.807, 2.05) is 66.6 Å². The van der Waals surface area contributed by atoms with E-state index in [1.165, 1.54) is 24.0 Å². The minimum absolute atomic E-state index is 0. The summed E-state index contributed by atoms with van der Waals surface area (Å²) in [4.78, 5) is 115. The fourth-order valence-corrected chi connectivity index (χ4v) is 12.5. The Morgan fingerprint density at radius 1 is 0.479 bits per heavy atom. The number of nitrogens with zero attached hydrogens (tertiary/aromatic N) is 7. The third kappa shape index (κ3) is 44.6. The molecule has 119 heavy (non-hydrogen) atoms. The number of methoxy groups -OCH3 is 3. The fraction of sp³-hybridized carbons (Fsp3) is 0.644. The monoisotopic (exact) mass is 1780 g/mol. The number of hydrogen-bond donors (Lipinski definition) is 5. The molecule has 3 aliphatic rings. The lowest BCUT2D eigenvalue weighted by molar-refractivity contribution is -0.122. The summed E-state index contributed by atoms with van der Waals surface area (Å²) in [6, 6.07) is 15.3. The van der Waals surface area contributed by atoms with Crippen LogP contribution in [-0.4, -0.2) is 252 Å². The molecule has 6 rings (SSSR count). The summed E-state index contributed by atoms with van der Waals surface area (Å²) >= 11 is 2.15. The summed E-state index contributed by atoms with van der Waals surface area (Å²) in [5, 5.41) is 15.3. The summed E-state index contributed by atoms with van der Waals surface area (Å²) in [6.45, 7) is 31.7. The molecule has 29 heteroatoms. The number of alkyl halides is 1. The zero-order valence-corrected chi connectivity index (χ0v) is 76.4. The predicted octanol–water partition coefficient (Wildman–Crippen LogP) is 15.5. The van der Waals surface area contributed by atoms with Crippen molar-refractivity contribution in [3.63, 3.8) is 0 Å². The number of ether oxygens (including phenoxy) is 8. The van der Waals surface area contributed by atoms with Crippen LogP contribution in [0.25, 0.3) is 0 Å². The van der Waals surface area contributed by atoms with Crippen LogP contribution < -0.4 is 55.0 Å². The lowest BCUT2D eigenvalue weighted by atomic mass is 10.1. The average Bonchev–Trinajstić information content (AvgIpc) is 0.832. The van der Waals surface area contributed by atoms with Gasteiger partial charge in [0.1, 0.15) is 11.2 Å². The van der Waals surface area contributed by atoms with E-state index >= 15 is 0 Å².